The van der Waals surface area contributed by atoms with Gasteiger partial charge in [-0.25, -0.2) is 9.59 Å². The molecule has 2 aliphatic rings. The lowest BCUT2D eigenvalue weighted by Gasteiger charge is -2.18. The largest absolute Gasteiger partial charge is 0.486 e. The van der Waals surface area contributed by atoms with Crippen LogP contribution in [0, 0.1) is 0 Å². The molecule has 1 aromatic carbocycles. The molecule has 3 amide bonds. The summed E-state index contributed by atoms with van der Waals surface area (Å²) in [6.45, 7) is 0.329. The SMILES string of the molecule is O=C(COC(=O)c1ccc2c(c1)OCCO2)NC(=O)NC1CCCC1. The number of rotatable bonds is 4. The van der Waals surface area contributed by atoms with E-state index in [-0.39, 0.29) is 11.6 Å². The maximum absolute atomic E-state index is 12.0. The van der Waals surface area contributed by atoms with E-state index in [1.807, 2.05) is 0 Å². The summed E-state index contributed by atoms with van der Waals surface area (Å²) in [6, 6.07) is 4.18. The number of nitrogens with one attached hydrogen (secondary N) is 2. The number of carbonyl (C=O) groups is 3. The van der Waals surface area contributed by atoms with E-state index >= 15 is 0 Å². The van der Waals surface area contributed by atoms with Crippen LogP contribution in [0.1, 0.15) is 36.0 Å². The molecule has 25 heavy (non-hydrogen) atoms. The van der Waals surface area contributed by atoms with Crippen molar-refractivity contribution in [3.05, 3.63) is 23.8 Å². The Morgan fingerprint density at radius 1 is 1.08 bits per heavy atom. The topological polar surface area (TPSA) is 103 Å². The van der Waals surface area contributed by atoms with Gasteiger partial charge in [0.05, 0.1) is 5.56 Å². The minimum absolute atomic E-state index is 0.105. The molecule has 1 saturated carbocycles. The maximum atomic E-state index is 12.0. The summed E-state index contributed by atoms with van der Waals surface area (Å²) in [4.78, 5) is 35.4. The van der Waals surface area contributed by atoms with Crippen LogP contribution in [0.4, 0.5) is 4.79 Å². The highest BCUT2D eigenvalue weighted by Crippen LogP contribution is 2.30. The summed E-state index contributed by atoms with van der Waals surface area (Å²) in [5.41, 5.74) is 0.243. The van der Waals surface area contributed by atoms with Crippen LogP contribution >= 0.6 is 0 Å². The number of hydrogen-bond donors (Lipinski definition) is 2. The summed E-state index contributed by atoms with van der Waals surface area (Å²) in [5.74, 6) is -0.338. The van der Waals surface area contributed by atoms with Gasteiger partial charge >= 0.3 is 12.0 Å². The molecule has 0 unspecified atom stereocenters. The van der Waals surface area contributed by atoms with Crippen LogP contribution in [0.3, 0.4) is 0 Å². The first kappa shape index (κ1) is 17.1. The minimum atomic E-state index is -0.679. The Morgan fingerprint density at radius 2 is 1.80 bits per heavy atom. The monoisotopic (exact) mass is 348 g/mol. The second-order valence-electron chi connectivity index (χ2n) is 5.94. The van der Waals surface area contributed by atoms with Crippen molar-refractivity contribution >= 4 is 17.9 Å². The molecular formula is C17H20N2O6. The molecule has 3 rings (SSSR count). The molecule has 2 N–H and O–H groups in total. The van der Waals surface area contributed by atoms with Crippen molar-refractivity contribution < 1.29 is 28.6 Å². The predicted octanol–water partition coefficient (Wildman–Crippen LogP) is 1.38. The van der Waals surface area contributed by atoms with Gasteiger partial charge in [-0.15, -0.1) is 0 Å². The van der Waals surface area contributed by atoms with Gasteiger partial charge in [0, 0.05) is 6.04 Å². The number of carbonyl (C=O) groups excluding carboxylic acids is 3. The van der Waals surface area contributed by atoms with Crippen LogP contribution in [-0.4, -0.2) is 43.8 Å². The van der Waals surface area contributed by atoms with Crippen molar-refractivity contribution in [1.29, 1.82) is 0 Å². The molecule has 1 aliphatic heterocycles. The molecule has 0 atom stereocenters. The fraction of sp³-hybridized carbons (Fsp3) is 0.471. The van der Waals surface area contributed by atoms with Gasteiger partial charge in [-0.3, -0.25) is 10.1 Å². The molecule has 134 valence electrons. The Labute approximate surface area is 144 Å². The number of ether oxygens (including phenoxy) is 3. The molecule has 1 fully saturated rings. The van der Waals surface area contributed by atoms with Crippen LogP contribution in [0.25, 0.3) is 0 Å². The lowest BCUT2D eigenvalue weighted by molar-refractivity contribution is -0.123. The minimum Gasteiger partial charge on any atom is -0.486 e. The average Bonchev–Trinajstić information content (AvgIpc) is 3.12. The van der Waals surface area contributed by atoms with E-state index in [9.17, 15) is 14.4 Å². The van der Waals surface area contributed by atoms with E-state index in [2.05, 4.69) is 10.6 Å². The second kappa shape index (κ2) is 7.87. The van der Waals surface area contributed by atoms with Gasteiger partial charge in [0.1, 0.15) is 13.2 Å². The quantitative estimate of drug-likeness (QED) is 0.797. The normalized spacial score (nSPS) is 16.2. The Balaban J connectivity index is 1.45. The molecule has 0 bridgehead atoms. The zero-order valence-electron chi connectivity index (χ0n) is 13.7. The number of benzene rings is 1. The summed E-state index contributed by atoms with van der Waals surface area (Å²) in [5, 5.41) is 4.87. The first-order valence-electron chi connectivity index (χ1n) is 8.29. The van der Waals surface area contributed by atoms with Crippen molar-refractivity contribution in [2.45, 2.75) is 31.7 Å². The fourth-order valence-corrected chi connectivity index (χ4v) is 2.84. The van der Waals surface area contributed by atoms with Gasteiger partial charge in [0.25, 0.3) is 5.91 Å². The van der Waals surface area contributed by atoms with Crippen LogP contribution in [0.15, 0.2) is 18.2 Å². The summed E-state index contributed by atoms with van der Waals surface area (Å²) in [6.07, 6.45) is 3.99. The molecule has 1 aromatic rings. The van der Waals surface area contributed by atoms with E-state index in [1.54, 1.807) is 6.07 Å². The van der Waals surface area contributed by atoms with E-state index < -0.39 is 24.5 Å². The van der Waals surface area contributed by atoms with Crippen LogP contribution in [-0.2, 0) is 9.53 Å². The van der Waals surface area contributed by atoms with E-state index in [1.165, 1.54) is 12.1 Å². The first-order valence-corrected chi connectivity index (χ1v) is 8.29. The number of fused-ring (bicyclic) bond motifs is 1. The molecule has 1 heterocycles. The van der Waals surface area contributed by atoms with Gasteiger partial charge in [-0.1, -0.05) is 12.8 Å². The molecule has 0 radical (unpaired) electrons. The maximum Gasteiger partial charge on any atom is 0.338 e. The summed E-state index contributed by atoms with van der Waals surface area (Å²) < 4.78 is 15.7. The molecule has 8 nitrogen and oxygen atoms in total. The van der Waals surface area contributed by atoms with Crippen molar-refractivity contribution in [2.24, 2.45) is 0 Å². The Morgan fingerprint density at radius 3 is 2.56 bits per heavy atom. The van der Waals surface area contributed by atoms with Crippen molar-refractivity contribution in [2.75, 3.05) is 19.8 Å². The standard InChI is InChI=1S/C17H20N2O6/c20-15(19-17(22)18-12-3-1-2-4-12)10-25-16(21)11-5-6-13-14(9-11)24-8-7-23-13/h5-6,9,12H,1-4,7-8,10H2,(H2,18,19,20,22). The van der Waals surface area contributed by atoms with Gasteiger partial charge in [0.15, 0.2) is 18.1 Å². The molecule has 0 saturated heterocycles. The Kier molecular flexibility index (Phi) is 5.37. The van der Waals surface area contributed by atoms with Crippen LogP contribution in [0.5, 0.6) is 11.5 Å². The van der Waals surface area contributed by atoms with E-state index in [0.717, 1.165) is 25.7 Å². The zero-order chi connectivity index (χ0) is 17.6. The third kappa shape index (κ3) is 4.62. The van der Waals surface area contributed by atoms with Gasteiger partial charge < -0.3 is 19.5 Å². The van der Waals surface area contributed by atoms with Crippen LogP contribution < -0.4 is 20.1 Å². The highest BCUT2D eigenvalue weighted by molar-refractivity contribution is 5.97. The molecule has 0 aromatic heterocycles. The highest BCUT2D eigenvalue weighted by Gasteiger charge is 2.19. The van der Waals surface area contributed by atoms with Gasteiger partial charge in [-0.05, 0) is 31.0 Å². The van der Waals surface area contributed by atoms with Crippen molar-refractivity contribution in [1.82, 2.24) is 10.6 Å². The summed E-state index contributed by atoms with van der Waals surface area (Å²) in [7, 11) is 0. The Bertz CT molecular complexity index is 669. The average molecular weight is 348 g/mol. The molecule has 1 aliphatic carbocycles. The van der Waals surface area contributed by atoms with Crippen LogP contribution in [0.2, 0.25) is 0 Å². The lowest BCUT2D eigenvalue weighted by Crippen LogP contribution is -2.44. The smallest absolute Gasteiger partial charge is 0.338 e. The first-order chi connectivity index (χ1) is 12.1. The van der Waals surface area contributed by atoms with E-state index in [4.69, 9.17) is 14.2 Å². The van der Waals surface area contributed by atoms with E-state index in [0.29, 0.717) is 24.7 Å². The second-order valence-corrected chi connectivity index (χ2v) is 5.94. The van der Waals surface area contributed by atoms with Crippen molar-refractivity contribution in [3.8, 4) is 11.5 Å². The zero-order valence-corrected chi connectivity index (χ0v) is 13.7. The third-order valence-electron chi connectivity index (χ3n) is 4.06. The molecular weight excluding hydrogens is 328 g/mol. The highest BCUT2D eigenvalue weighted by atomic mass is 16.6. The predicted molar refractivity (Wildman–Crippen MR) is 86.6 cm³/mol. The number of hydrogen-bond acceptors (Lipinski definition) is 6. The Hall–Kier alpha value is -2.77. The van der Waals surface area contributed by atoms with Gasteiger partial charge in [-0.2, -0.15) is 0 Å². The number of amides is 3. The fourth-order valence-electron chi connectivity index (χ4n) is 2.84. The van der Waals surface area contributed by atoms with Gasteiger partial charge in [0.2, 0.25) is 0 Å². The number of imide groups is 1. The lowest BCUT2D eigenvalue weighted by atomic mass is 10.2. The third-order valence-corrected chi connectivity index (χ3v) is 4.06. The number of urea groups is 1. The summed E-state index contributed by atoms with van der Waals surface area (Å²) >= 11 is 0. The molecule has 8 heteroatoms. The number of esters is 1. The van der Waals surface area contributed by atoms with Crippen molar-refractivity contribution in [3.63, 3.8) is 0 Å². The molecule has 0 spiro atoms.